The number of carbonyl (C=O) groups is 3. The van der Waals surface area contributed by atoms with Gasteiger partial charge in [-0.3, -0.25) is 0 Å². The Bertz CT molecular complexity index is 2110. The van der Waals surface area contributed by atoms with E-state index in [9.17, 15) is 29.7 Å². The quantitative estimate of drug-likeness (QED) is 0.0901. The molecule has 3 saturated carbocycles. The zero-order valence-electron chi connectivity index (χ0n) is 36.2. The van der Waals surface area contributed by atoms with Crippen LogP contribution in [0, 0.1) is 35.5 Å². The van der Waals surface area contributed by atoms with E-state index in [-0.39, 0.29) is 24.5 Å². The van der Waals surface area contributed by atoms with E-state index in [0.717, 1.165) is 25.7 Å². The number of epoxide rings is 1. The van der Waals surface area contributed by atoms with Crippen LogP contribution in [-0.2, 0) is 38.0 Å². The first kappa shape index (κ1) is 43.3. The first-order chi connectivity index (χ1) is 29.6. The van der Waals surface area contributed by atoms with Crippen LogP contribution in [0.4, 0.5) is 0 Å². The van der Waals surface area contributed by atoms with Crippen LogP contribution in [0.5, 0.6) is 0 Å². The highest BCUT2D eigenvalue weighted by Crippen LogP contribution is 2.76. The van der Waals surface area contributed by atoms with Crippen molar-refractivity contribution in [2.24, 2.45) is 35.5 Å². The van der Waals surface area contributed by atoms with Crippen molar-refractivity contribution < 1.29 is 62.9 Å². The van der Waals surface area contributed by atoms with Crippen LogP contribution in [0.15, 0.2) is 84.5 Å². The average Bonchev–Trinajstić information content (AvgIpc) is 3.91. The van der Waals surface area contributed by atoms with Crippen LogP contribution in [-0.4, -0.2) is 105 Å². The van der Waals surface area contributed by atoms with E-state index in [1.54, 1.807) is 80.6 Å². The number of benzene rings is 2. The predicted octanol–water partition coefficient (Wildman–Crippen LogP) is 5.84. The lowest BCUT2D eigenvalue weighted by Crippen LogP contribution is -2.75. The summed E-state index contributed by atoms with van der Waals surface area (Å²) in [6.45, 7) is 12.8. The van der Waals surface area contributed by atoms with E-state index in [2.05, 4.69) is 13.5 Å². The first-order valence-electron chi connectivity index (χ1n) is 22.4. The number of carbonyl (C=O) groups excluding carboxylic acids is 3. The molecular formula is C49H60O13. The molecule has 3 aliphatic carbocycles. The largest absolute Gasteiger partial charge is 0.462 e. The molecule has 2 aromatic rings. The normalized spacial score (nSPS) is 44.1. The summed E-state index contributed by atoms with van der Waals surface area (Å²) < 4.78 is 47.8. The summed E-state index contributed by atoms with van der Waals surface area (Å²) in [7, 11) is 0. The van der Waals surface area contributed by atoms with Crippen molar-refractivity contribution in [3.05, 3.63) is 95.6 Å². The van der Waals surface area contributed by atoms with Gasteiger partial charge in [0.15, 0.2) is 6.10 Å². The van der Waals surface area contributed by atoms with Crippen LogP contribution < -0.4 is 0 Å². The monoisotopic (exact) mass is 856 g/mol. The molecule has 0 amide bonds. The highest BCUT2D eigenvalue weighted by molar-refractivity contribution is 5.90. The van der Waals surface area contributed by atoms with Gasteiger partial charge in [-0.25, -0.2) is 14.4 Å². The molecule has 334 valence electrons. The van der Waals surface area contributed by atoms with E-state index in [4.69, 9.17) is 33.2 Å². The van der Waals surface area contributed by atoms with E-state index >= 15 is 0 Å². The fourth-order valence-corrected chi connectivity index (χ4v) is 12.9. The molecule has 13 heteroatoms. The Balaban J connectivity index is 1.30. The predicted molar refractivity (Wildman–Crippen MR) is 222 cm³/mol. The van der Waals surface area contributed by atoms with Crippen molar-refractivity contribution in [3.8, 4) is 0 Å². The Kier molecular flexibility index (Phi) is 10.9. The molecule has 3 N–H and O–H groups in total. The fourth-order valence-electron chi connectivity index (χ4n) is 12.9. The number of hydrogen-bond acceptors (Lipinski definition) is 13. The molecule has 9 rings (SSSR count). The summed E-state index contributed by atoms with van der Waals surface area (Å²) >= 11 is 0. The molecule has 13 nitrogen and oxygen atoms in total. The average molecular weight is 857 g/mol. The molecule has 62 heavy (non-hydrogen) atoms. The van der Waals surface area contributed by atoms with Crippen LogP contribution in [0.2, 0.25) is 0 Å². The van der Waals surface area contributed by atoms with E-state index < -0.39 is 113 Å². The molecule has 4 heterocycles. The van der Waals surface area contributed by atoms with Crippen LogP contribution in [0.3, 0.4) is 0 Å². The molecule has 2 spiro atoms. The summed E-state index contributed by atoms with van der Waals surface area (Å²) in [4.78, 5) is 41.9. The van der Waals surface area contributed by atoms with Gasteiger partial charge in [0.05, 0.1) is 29.9 Å². The van der Waals surface area contributed by atoms with Gasteiger partial charge in [-0.15, -0.1) is 0 Å². The lowest BCUT2D eigenvalue weighted by molar-refractivity contribution is -0.459. The van der Waals surface area contributed by atoms with Gasteiger partial charge in [0.25, 0.3) is 0 Å². The smallest absolute Gasteiger partial charge is 0.338 e. The standard InChI is InChI=1S/C49H60O13/c1-7-28(4)41(51)57-34-23-17-9-8-12-18-29(5)35-30(6)38(58-43(53)32-21-15-11-16-22-32)47(55)37(35)48-33(25-56-42(52)31-19-13-10-14-20-31)24-45(27(2)3)39(60-49(34,61-45)62-48)36(48)40-46(26-50,59-40)44(47)54/h7,10-11,13-16,19-22,29-30,33-40,44,50,54-55H,2,8-9,12,17-18,23-26H2,1,3-6H3/b28-7+/t29-,30+,33+,34-,35+,36-,37-,38+,39-,40+,44-,45-,46+,47-,48-,49?/m1/s1. The fraction of sp³-hybridized carbons (Fsp3) is 0.612. The van der Waals surface area contributed by atoms with Crippen molar-refractivity contribution in [2.45, 2.75) is 138 Å². The van der Waals surface area contributed by atoms with Crippen molar-refractivity contribution in [2.75, 3.05) is 13.2 Å². The Hall–Kier alpha value is -3.95. The lowest BCUT2D eigenvalue weighted by atomic mass is 9.51. The summed E-state index contributed by atoms with van der Waals surface area (Å²) in [5, 5.41) is 38.4. The Morgan fingerprint density at radius 3 is 2.15 bits per heavy atom. The van der Waals surface area contributed by atoms with Gasteiger partial charge < -0.3 is 48.5 Å². The Morgan fingerprint density at radius 1 is 0.871 bits per heavy atom. The summed E-state index contributed by atoms with van der Waals surface area (Å²) in [5.74, 6) is -7.87. The van der Waals surface area contributed by atoms with E-state index in [0.29, 0.717) is 29.6 Å². The molecule has 16 atom stereocenters. The van der Waals surface area contributed by atoms with Gasteiger partial charge in [0.2, 0.25) is 0 Å². The second-order valence-electron chi connectivity index (χ2n) is 19.1. The van der Waals surface area contributed by atoms with Crippen molar-refractivity contribution in [1.82, 2.24) is 0 Å². The second kappa shape index (κ2) is 15.6. The molecule has 4 aliphatic heterocycles. The van der Waals surface area contributed by atoms with Crippen LogP contribution >= 0.6 is 0 Å². The number of hydrogen-bond donors (Lipinski definition) is 3. The number of allylic oxidation sites excluding steroid dienone is 1. The van der Waals surface area contributed by atoms with Gasteiger partial charge in [0.1, 0.15) is 41.2 Å². The third kappa shape index (κ3) is 6.16. The van der Waals surface area contributed by atoms with Gasteiger partial charge >= 0.3 is 23.9 Å². The SMILES string of the molecule is C=C(C)[C@]12C[C@@H](COC(=O)c3ccccc3)[C@@]34OC5(O[C@@H]1[C@@H]3[C@@H]1O[C@]1(CO)[C@@H](O)[C@@]1(O)[C@H]4[C@H]([C@H](C)[C@@H]1OC(=O)c1ccccc1)[C@H](C)CCCCCC[C@H]5OC(=O)/C(C)=C/C)O2. The van der Waals surface area contributed by atoms with Crippen molar-refractivity contribution >= 4 is 17.9 Å². The van der Waals surface area contributed by atoms with Gasteiger partial charge in [-0.1, -0.05) is 88.6 Å². The Morgan fingerprint density at radius 2 is 1.52 bits per heavy atom. The molecule has 3 bridgehead atoms. The lowest BCUT2D eigenvalue weighted by Gasteiger charge is -2.62. The third-order valence-electron chi connectivity index (χ3n) is 15.9. The molecule has 7 aliphatic rings. The van der Waals surface area contributed by atoms with Crippen LogP contribution in [0.25, 0.3) is 0 Å². The maximum Gasteiger partial charge on any atom is 0.338 e. The molecule has 0 radical (unpaired) electrons. The minimum Gasteiger partial charge on any atom is -0.462 e. The number of esters is 3. The zero-order chi connectivity index (χ0) is 44.0. The van der Waals surface area contributed by atoms with Gasteiger partial charge in [0, 0.05) is 23.3 Å². The molecule has 7 fully saturated rings. The topological polar surface area (TPSA) is 180 Å². The summed E-state index contributed by atoms with van der Waals surface area (Å²) in [6, 6.07) is 17.1. The number of rotatable bonds is 9. The molecule has 1 unspecified atom stereocenters. The van der Waals surface area contributed by atoms with E-state index in [1.807, 2.05) is 13.8 Å². The van der Waals surface area contributed by atoms with Crippen LogP contribution in [0.1, 0.15) is 100 Å². The number of aliphatic hydroxyl groups is 3. The summed E-state index contributed by atoms with van der Waals surface area (Å²) in [5.41, 5.74) is -5.51. The molecular weight excluding hydrogens is 797 g/mol. The number of fused-ring (bicyclic) bond motifs is 1. The molecule has 2 aromatic carbocycles. The first-order valence-corrected chi connectivity index (χ1v) is 22.4. The van der Waals surface area contributed by atoms with Crippen molar-refractivity contribution in [3.63, 3.8) is 0 Å². The Labute approximate surface area is 362 Å². The number of ether oxygens (including phenoxy) is 7. The number of aliphatic hydroxyl groups excluding tert-OH is 2. The van der Waals surface area contributed by atoms with Gasteiger partial charge in [-0.05, 0) is 87.6 Å². The third-order valence-corrected chi connectivity index (χ3v) is 15.9. The second-order valence-corrected chi connectivity index (χ2v) is 19.1. The maximum absolute atomic E-state index is 14.2. The minimum absolute atomic E-state index is 0.127. The van der Waals surface area contributed by atoms with Gasteiger partial charge in [-0.2, -0.15) is 0 Å². The zero-order valence-corrected chi connectivity index (χ0v) is 36.2. The highest BCUT2D eigenvalue weighted by Gasteiger charge is 2.91. The van der Waals surface area contributed by atoms with Crippen molar-refractivity contribution in [1.29, 1.82) is 0 Å². The molecule has 0 aromatic heterocycles. The molecule has 4 saturated heterocycles. The summed E-state index contributed by atoms with van der Waals surface area (Å²) in [6.07, 6.45) is -0.117. The maximum atomic E-state index is 14.2. The minimum atomic E-state index is -2.33. The van der Waals surface area contributed by atoms with E-state index in [1.165, 1.54) is 0 Å². The highest BCUT2D eigenvalue weighted by atomic mass is 16.9.